The molecule has 5 rings (SSSR count). The number of amides is 1. The van der Waals surface area contributed by atoms with Crippen LogP contribution in [0.4, 0.5) is 0 Å². The number of carbonyl (C=O) groups excluding carboxylic acids is 3. The summed E-state index contributed by atoms with van der Waals surface area (Å²) in [5.74, 6) is -5.88. The Bertz CT molecular complexity index is 1350. The Balaban J connectivity index is 1.74. The van der Waals surface area contributed by atoms with Crippen LogP contribution >= 0.6 is 0 Å². The second-order valence-electron chi connectivity index (χ2n) is 8.72. The highest BCUT2D eigenvalue weighted by Gasteiger charge is 2.60. The molecule has 0 saturated heterocycles. The van der Waals surface area contributed by atoms with Crippen LogP contribution in [0.2, 0.25) is 0 Å². The number of phenols is 1. The normalized spacial score (nSPS) is 26.7. The fourth-order valence-corrected chi connectivity index (χ4v) is 5.56. The first-order valence-corrected chi connectivity index (χ1v) is 10.4. The fourth-order valence-electron chi connectivity index (χ4n) is 5.56. The lowest BCUT2D eigenvalue weighted by Gasteiger charge is -2.46. The third kappa shape index (κ3) is 2.59. The summed E-state index contributed by atoms with van der Waals surface area (Å²) in [5.41, 5.74) is 2.29. The Hall–Kier alpha value is -3.85. The number of carbonyl (C=O) groups is 3. The Morgan fingerprint density at radius 3 is 2.55 bits per heavy atom. The van der Waals surface area contributed by atoms with E-state index in [0.29, 0.717) is 22.1 Å². The molecule has 0 radical (unpaired) electrons. The van der Waals surface area contributed by atoms with Gasteiger partial charge in [-0.25, -0.2) is 0 Å². The summed E-state index contributed by atoms with van der Waals surface area (Å²) in [6.07, 6.45) is -0.0116. The molecule has 3 aliphatic rings. The summed E-state index contributed by atoms with van der Waals surface area (Å²) in [7, 11) is 1.50. The van der Waals surface area contributed by atoms with Gasteiger partial charge < -0.3 is 30.9 Å². The number of hydrogen-bond acceptors (Lipinski definition) is 8. The number of Topliss-reactive ketones (excluding diaryl/α,β-unsaturated/α-hetero) is 2. The summed E-state index contributed by atoms with van der Waals surface area (Å²) >= 11 is 0. The Morgan fingerprint density at radius 2 is 1.88 bits per heavy atom. The molecule has 2 aromatic rings. The summed E-state index contributed by atoms with van der Waals surface area (Å²) in [4.78, 5) is 37.5. The number of aliphatic hydroxyl groups excluding tert-OH is 2. The van der Waals surface area contributed by atoms with Gasteiger partial charge in [0, 0.05) is 28.7 Å². The number of primary amides is 1. The molecule has 6 N–H and O–H groups in total. The van der Waals surface area contributed by atoms with Crippen molar-refractivity contribution in [2.24, 2.45) is 17.6 Å². The molecule has 1 saturated carbocycles. The monoisotopic (exact) mass is 451 g/mol. The molecule has 9 heteroatoms. The minimum atomic E-state index is -2.56. The van der Waals surface area contributed by atoms with E-state index >= 15 is 0 Å². The maximum absolute atomic E-state index is 13.5. The molecule has 0 heterocycles. The second kappa shape index (κ2) is 6.82. The van der Waals surface area contributed by atoms with Crippen LogP contribution in [0.1, 0.15) is 24.0 Å². The first-order chi connectivity index (χ1) is 15.6. The van der Waals surface area contributed by atoms with Crippen molar-refractivity contribution >= 4 is 34.0 Å². The summed E-state index contributed by atoms with van der Waals surface area (Å²) in [5, 5.41) is 44.9. The molecule has 2 aromatic carbocycles. The highest BCUT2D eigenvalue weighted by Crippen LogP contribution is 2.53. The van der Waals surface area contributed by atoms with Crippen LogP contribution in [0.25, 0.3) is 16.5 Å². The minimum Gasteiger partial charge on any atom is -0.508 e. The summed E-state index contributed by atoms with van der Waals surface area (Å²) in [6.45, 7) is 0. The fraction of sp³-hybridized carbons (Fsp3) is 0.292. The predicted molar refractivity (Wildman–Crippen MR) is 115 cm³/mol. The Labute approximate surface area is 187 Å². The maximum Gasteiger partial charge on any atom is 0.255 e. The van der Waals surface area contributed by atoms with Crippen LogP contribution in [-0.2, 0) is 20.8 Å². The van der Waals surface area contributed by atoms with E-state index in [9.17, 15) is 34.8 Å². The standard InChI is InChI=1S/C24H21NO8/c1-33-15-4-2-3-12-13(15)7-10-5-9-6-11-8-14(26)18(23(25)31)22(30)24(11,32)21(29)17(9)20(28)16(10)19(12)27/h2-4,7,9,11,27-28,30,32H,5-6,8H2,1H3,(H2,25,31)/t9?,11-,24-/m0/s1. The van der Waals surface area contributed by atoms with Gasteiger partial charge in [0.05, 0.1) is 12.7 Å². The number of ketones is 2. The van der Waals surface area contributed by atoms with Gasteiger partial charge in [0.2, 0.25) is 5.78 Å². The van der Waals surface area contributed by atoms with Crippen molar-refractivity contribution in [2.75, 3.05) is 7.11 Å². The van der Waals surface area contributed by atoms with Crippen LogP contribution < -0.4 is 10.5 Å². The SMILES string of the molecule is COc1cccc2c(O)c3c(cc12)CC1C[C@H]2CC(=O)C(C(N)=O)=C(O)[C@@]2(O)C(=O)C1=C3O. The van der Waals surface area contributed by atoms with Crippen LogP contribution in [0.15, 0.2) is 41.2 Å². The number of ether oxygens (including phenoxy) is 1. The maximum atomic E-state index is 13.5. The lowest BCUT2D eigenvalue weighted by Crippen LogP contribution is -2.58. The molecule has 1 fully saturated rings. The molecule has 170 valence electrons. The van der Waals surface area contributed by atoms with Crippen molar-refractivity contribution in [2.45, 2.75) is 24.9 Å². The summed E-state index contributed by atoms with van der Waals surface area (Å²) < 4.78 is 5.38. The lowest BCUT2D eigenvalue weighted by atomic mass is 9.59. The van der Waals surface area contributed by atoms with E-state index in [4.69, 9.17) is 10.5 Å². The number of hydrogen-bond donors (Lipinski definition) is 5. The average molecular weight is 451 g/mol. The van der Waals surface area contributed by atoms with Crippen LogP contribution in [-0.4, -0.2) is 50.6 Å². The van der Waals surface area contributed by atoms with E-state index in [-0.39, 0.29) is 36.1 Å². The molecule has 9 nitrogen and oxygen atoms in total. The molecule has 0 bridgehead atoms. The molecular weight excluding hydrogens is 430 g/mol. The molecule has 0 spiro atoms. The molecule has 0 aromatic heterocycles. The Kier molecular flexibility index (Phi) is 4.35. The van der Waals surface area contributed by atoms with Crippen molar-refractivity contribution in [3.63, 3.8) is 0 Å². The quantitative estimate of drug-likeness (QED) is 0.429. The van der Waals surface area contributed by atoms with Crippen molar-refractivity contribution in [3.05, 3.63) is 52.3 Å². The topological polar surface area (TPSA) is 167 Å². The molecule has 3 atom stereocenters. The van der Waals surface area contributed by atoms with Gasteiger partial charge in [-0.05, 0) is 36.5 Å². The number of phenolic OH excluding ortho intramolecular Hbond substituents is 1. The van der Waals surface area contributed by atoms with Crippen molar-refractivity contribution in [1.82, 2.24) is 0 Å². The zero-order valence-electron chi connectivity index (χ0n) is 17.6. The molecule has 33 heavy (non-hydrogen) atoms. The zero-order valence-corrected chi connectivity index (χ0v) is 17.6. The van der Waals surface area contributed by atoms with E-state index in [1.54, 1.807) is 24.3 Å². The number of methoxy groups -OCH3 is 1. The number of aliphatic hydroxyl groups is 3. The predicted octanol–water partition coefficient (Wildman–Crippen LogP) is 1.59. The van der Waals surface area contributed by atoms with Crippen LogP contribution in [0.5, 0.6) is 11.5 Å². The van der Waals surface area contributed by atoms with Gasteiger partial charge in [-0.3, -0.25) is 14.4 Å². The molecule has 0 aliphatic heterocycles. The van der Waals surface area contributed by atoms with Crippen molar-refractivity contribution < 1.29 is 39.5 Å². The number of rotatable bonds is 2. The molecule has 3 aliphatic carbocycles. The lowest BCUT2D eigenvalue weighted by molar-refractivity contribution is -0.147. The Morgan fingerprint density at radius 1 is 1.15 bits per heavy atom. The van der Waals surface area contributed by atoms with E-state index in [0.717, 1.165) is 0 Å². The minimum absolute atomic E-state index is 0.0582. The number of benzene rings is 2. The average Bonchev–Trinajstić information content (AvgIpc) is 2.75. The zero-order chi connectivity index (χ0) is 23.8. The van der Waals surface area contributed by atoms with Crippen LogP contribution in [0.3, 0.4) is 0 Å². The van der Waals surface area contributed by atoms with Gasteiger partial charge in [-0.1, -0.05) is 12.1 Å². The van der Waals surface area contributed by atoms with Gasteiger partial charge in [0.15, 0.2) is 11.4 Å². The van der Waals surface area contributed by atoms with Crippen molar-refractivity contribution in [1.29, 1.82) is 0 Å². The number of aromatic hydroxyl groups is 1. The molecule has 1 amide bonds. The molecular formula is C24H21NO8. The van der Waals surface area contributed by atoms with Gasteiger partial charge in [-0.15, -0.1) is 0 Å². The van der Waals surface area contributed by atoms with Gasteiger partial charge in [-0.2, -0.15) is 0 Å². The first-order valence-electron chi connectivity index (χ1n) is 10.4. The van der Waals surface area contributed by atoms with E-state index in [1.807, 2.05) is 0 Å². The van der Waals surface area contributed by atoms with Crippen molar-refractivity contribution in [3.8, 4) is 11.5 Å². The largest absolute Gasteiger partial charge is 0.508 e. The van der Waals surface area contributed by atoms with Crippen LogP contribution in [0, 0.1) is 11.8 Å². The number of nitrogens with two attached hydrogens (primary N) is 1. The second-order valence-corrected chi connectivity index (χ2v) is 8.72. The van der Waals surface area contributed by atoms with Gasteiger partial charge in [0.1, 0.15) is 28.6 Å². The first kappa shape index (κ1) is 21.0. The molecule has 1 unspecified atom stereocenters. The van der Waals surface area contributed by atoms with Gasteiger partial charge >= 0.3 is 0 Å². The third-order valence-corrected chi connectivity index (χ3v) is 7.09. The van der Waals surface area contributed by atoms with E-state index in [2.05, 4.69) is 0 Å². The van der Waals surface area contributed by atoms with E-state index < -0.39 is 52.0 Å². The van der Waals surface area contributed by atoms with E-state index in [1.165, 1.54) is 7.11 Å². The van der Waals surface area contributed by atoms with Gasteiger partial charge in [0.25, 0.3) is 5.91 Å². The third-order valence-electron chi connectivity index (χ3n) is 7.09. The highest BCUT2D eigenvalue weighted by atomic mass is 16.5. The highest BCUT2D eigenvalue weighted by molar-refractivity contribution is 6.22. The smallest absolute Gasteiger partial charge is 0.255 e. The number of fused-ring (bicyclic) bond motifs is 4. The summed E-state index contributed by atoms with van der Waals surface area (Å²) in [6, 6.07) is 6.83.